The Labute approximate surface area is 148 Å². The fourth-order valence-electron chi connectivity index (χ4n) is 1.93. The first-order chi connectivity index (χ1) is 11.6. The highest BCUT2D eigenvalue weighted by atomic mass is 79.9. The standard InChI is InChI=1S/C17H17BrN2O4/c1-22-15-8-3-5-12(17(15)23-2)10-19-20-16(21)11-24-14-7-4-6-13(18)9-14/h3-10H,11H2,1-2H3,(H,20,21). The van der Waals surface area contributed by atoms with Crippen molar-refractivity contribution in [3.05, 3.63) is 52.5 Å². The average Bonchev–Trinajstić information content (AvgIpc) is 2.59. The number of amides is 1. The molecule has 7 heteroatoms. The summed E-state index contributed by atoms with van der Waals surface area (Å²) in [6.45, 7) is -0.136. The Morgan fingerprint density at radius 3 is 2.71 bits per heavy atom. The van der Waals surface area contributed by atoms with E-state index < -0.39 is 0 Å². The maximum absolute atomic E-state index is 11.8. The molecule has 0 saturated heterocycles. The summed E-state index contributed by atoms with van der Waals surface area (Å²) in [5, 5.41) is 3.91. The second kappa shape index (κ2) is 8.93. The number of nitrogens with zero attached hydrogens (tertiary/aromatic N) is 1. The number of ether oxygens (including phenoxy) is 3. The Bertz CT molecular complexity index is 734. The highest BCUT2D eigenvalue weighted by Crippen LogP contribution is 2.29. The molecule has 2 aromatic rings. The van der Waals surface area contributed by atoms with E-state index in [1.165, 1.54) is 6.21 Å². The molecule has 0 bridgehead atoms. The van der Waals surface area contributed by atoms with Gasteiger partial charge in [0.05, 0.1) is 20.4 Å². The van der Waals surface area contributed by atoms with Crippen molar-refractivity contribution in [3.63, 3.8) is 0 Å². The van der Waals surface area contributed by atoms with Crippen molar-refractivity contribution in [2.24, 2.45) is 5.10 Å². The summed E-state index contributed by atoms with van der Waals surface area (Å²) in [6.07, 6.45) is 1.48. The first kappa shape index (κ1) is 17.8. The Hall–Kier alpha value is -2.54. The number of hydrogen-bond acceptors (Lipinski definition) is 5. The number of carbonyl (C=O) groups excluding carboxylic acids is 1. The zero-order valence-corrected chi connectivity index (χ0v) is 14.9. The lowest BCUT2D eigenvalue weighted by Crippen LogP contribution is -2.24. The van der Waals surface area contributed by atoms with E-state index >= 15 is 0 Å². The van der Waals surface area contributed by atoms with Gasteiger partial charge in [-0.25, -0.2) is 5.43 Å². The minimum atomic E-state index is -0.368. The molecule has 6 nitrogen and oxygen atoms in total. The monoisotopic (exact) mass is 392 g/mol. The summed E-state index contributed by atoms with van der Waals surface area (Å²) in [5.41, 5.74) is 3.09. The van der Waals surface area contributed by atoms with Crippen LogP contribution in [0.1, 0.15) is 5.56 Å². The Kier molecular flexibility index (Phi) is 6.62. The molecule has 0 fully saturated rings. The summed E-state index contributed by atoms with van der Waals surface area (Å²) in [6, 6.07) is 12.6. The highest BCUT2D eigenvalue weighted by Gasteiger charge is 2.07. The van der Waals surface area contributed by atoms with Crippen LogP contribution >= 0.6 is 15.9 Å². The van der Waals surface area contributed by atoms with Crippen LogP contribution in [0.5, 0.6) is 17.2 Å². The smallest absolute Gasteiger partial charge is 0.277 e. The third kappa shape index (κ3) is 4.99. The number of rotatable bonds is 7. The van der Waals surface area contributed by atoms with Gasteiger partial charge in [0, 0.05) is 10.0 Å². The predicted molar refractivity (Wildman–Crippen MR) is 94.9 cm³/mol. The number of para-hydroxylation sites is 1. The lowest BCUT2D eigenvalue weighted by Gasteiger charge is -2.09. The number of carbonyl (C=O) groups is 1. The molecule has 0 heterocycles. The van der Waals surface area contributed by atoms with Gasteiger partial charge in [0.1, 0.15) is 5.75 Å². The van der Waals surface area contributed by atoms with Crippen LogP contribution in [0.2, 0.25) is 0 Å². The van der Waals surface area contributed by atoms with Gasteiger partial charge < -0.3 is 14.2 Å². The van der Waals surface area contributed by atoms with Gasteiger partial charge in [0.2, 0.25) is 0 Å². The van der Waals surface area contributed by atoms with Crippen LogP contribution in [0.15, 0.2) is 52.0 Å². The minimum Gasteiger partial charge on any atom is -0.493 e. The van der Waals surface area contributed by atoms with Crippen molar-refractivity contribution in [1.82, 2.24) is 5.43 Å². The lowest BCUT2D eigenvalue weighted by molar-refractivity contribution is -0.123. The van der Waals surface area contributed by atoms with Crippen LogP contribution in [0.4, 0.5) is 0 Å². The molecule has 1 N–H and O–H groups in total. The van der Waals surface area contributed by atoms with Crippen molar-refractivity contribution in [1.29, 1.82) is 0 Å². The van der Waals surface area contributed by atoms with E-state index in [-0.39, 0.29) is 12.5 Å². The van der Waals surface area contributed by atoms with Gasteiger partial charge in [-0.2, -0.15) is 5.10 Å². The number of hydrazone groups is 1. The van der Waals surface area contributed by atoms with Crippen LogP contribution in [0.25, 0.3) is 0 Å². The number of nitrogens with one attached hydrogen (secondary N) is 1. The molecular formula is C17H17BrN2O4. The van der Waals surface area contributed by atoms with Crippen molar-refractivity contribution in [2.45, 2.75) is 0 Å². The molecule has 0 spiro atoms. The average molecular weight is 393 g/mol. The van der Waals surface area contributed by atoms with E-state index in [0.29, 0.717) is 22.8 Å². The third-order valence-corrected chi connectivity index (χ3v) is 3.49. The minimum absolute atomic E-state index is 0.136. The second-order valence-corrected chi connectivity index (χ2v) is 5.54. The zero-order chi connectivity index (χ0) is 17.4. The van der Waals surface area contributed by atoms with Gasteiger partial charge in [-0.1, -0.05) is 28.1 Å². The molecule has 0 aliphatic carbocycles. The summed E-state index contributed by atoms with van der Waals surface area (Å²) >= 11 is 3.34. The molecule has 126 valence electrons. The maximum Gasteiger partial charge on any atom is 0.277 e. The topological polar surface area (TPSA) is 69.2 Å². The fourth-order valence-corrected chi connectivity index (χ4v) is 2.30. The van der Waals surface area contributed by atoms with E-state index in [1.54, 1.807) is 44.6 Å². The van der Waals surface area contributed by atoms with Gasteiger partial charge >= 0.3 is 0 Å². The first-order valence-electron chi connectivity index (χ1n) is 7.05. The maximum atomic E-state index is 11.8. The molecule has 0 radical (unpaired) electrons. The fraction of sp³-hybridized carbons (Fsp3) is 0.176. The Balaban J connectivity index is 1.91. The zero-order valence-electron chi connectivity index (χ0n) is 13.3. The van der Waals surface area contributed by atoms with Gasteiger partial charge in [0.25, 0.3) is 5.91 Å². The van der Waals surface area contributed by atoms with E-state index in [9.17, 15) is 4.79 Å². The molecule has 0 aliphatic heterocycles. The Morgan fingerprint density at radius 2 is 2.00 bits per heavy atom. The third-order valence-electron chi connectivity index (χ3n) is 2.99. The van der Waals surface area contributed by atoms with Crippen molar-refractivity contribution >= 4 is 28.1 Å². The van der Waals surface area contributed by atoms with Gasteiger partial charge in [-0.3, -0.25) is 4.79 Å². The summed E-state index contributed by atoms with van der Waals surface area (Å²) in [7, 11) is 3.10. The lowest BCUT2D eigenvalue weighted by atomic mass is 10.2. The summed E-state index contributed by atoms with van der Waals surface area (Å²) < 4.78 is 16.7. The van der Waals surface area contributed by atoms with Crippen LogP contribution in [0, 0.1) is 0 Å². The second-order valence-electron chi connectivity index (χ2n) is 4.62. The van der Waals surface area contributed by atoms with Crippen LogP contribution in [-0.2, 0) is 4.79 Å². The van der Waals surface area contributed by atoms with Crippen LogP contribution in [0.3, 0.4) is 0 Å². The summed E-state index contributed by atoms with van der Waals surface area (Å²) in [4.78, 5) is 11.8. The highest BCUT2D eigenvalue weighted by molar-refractivity contribution is 9.10. The SMILES string of the molecule is COc1cccc(C=NNC(=O)COc2cccc(Br)c2)c1OC. The van der Waals surface area contributed by atoms with Crippen LogP contribution in [-0.4, -0.2) is 32.9 Å². The van der Waals surface area contributed by atoms with Crippen LogP contribution < -0.4 is 19.6 Å². The van der Waals surface area contributed by atoms with E-state index in [4.69, 9.17) is 14.2 Å². The van der Waals surface area contributed by atoms with Crippen molar-refractivity contribution in [3.8, 4) is 17.2 Å². The molecule has 0 aromatic heterocycles. The molecule has 0 aliphatic rings. The predicted octanol–water partition coefficient (Wildman–Crippen LogP) is 3.00. The number of methoxy groups -OCH3 is 2. The largest absolute Gasteiger partial charge is 0.493 e. The van der Waals surface area contributed by atoms with Gasteiger partial charge in [-0.15, -0.1) is 0 Å². The molecule has 1 amide bonds. The number of halogens is 1. The molecular weight excluding hydrogens is 376 g/mol. The number of hydrogen-bond donors (Lipinski definition) is 1. The van der Waals surface area contributed by atoms with E-state index in [1.807, 2.05) is 12.1 Å². The van der Waals surface area contributed by atoms with Gasteiger partial charge in [0.15, 0.2) is 18.1 Å². The molecule has 0 unspecified atom stereocenters. The Morgan fingerprint density at radius 1 is 1.21 bits per heavy atom. The molecule has 0 saturated carbocycles. The first-order valence-corrected chi connectivity index (χ1v) is 7.84. The number of benzene rings is 2. The van der Waals surface area contributed by atoms with E-state index in [2.05, 4.69) is 26.5 Å². The van der Waals surface area contributed by atoms with Gasteiger partial charge in [-0.05, 0) is 30.3 Å². The molecule has 2 aromatic carbocycles. The molecule has 24 heavy (non-hydrogen) atoms. The molecule has 0 atom stereocenters. The normalized spacial score (nSPS) is 10.5. The van der Waals surface area contributed by atoms with Crippen molar-refractivity contribution in [2.75, 3.05) is 20.8 Å². The molecule has 2 rings (SSSR count). The summed E-state index contributed by atoms with van der Waals surface area (Å²) in [5.74, 6) is 1.36. The van der Waals surface area contributed by atoms with E-state index in [0.717, 1.165) is 4.47 Å². The quantitative estimate of drug-likeness (QED) is 0.580. The van der Waals surface area contributed by atoms with Crippen molar-refractivity contribution < 1.29 is 19.0 Å².